The molecule has 0 amide bonds. The first-order valence-electron chi connectivity index (χ1n) is 7.14. The molecule has 0 aliphatic rings. The van der Waals surface area contributed by atoms with Gasteiger partial charge in [-0.2, -0.15) is 0 Å². The standard InChI is InChI=1S/C16H27NO3S/c1-16(2,3)14-8-6-13(7-9-14)15(18)12-17(4)10-11-21(5,19)20/h6-9,15,18H,10-12H2,1-5H3. The predicted octanol–water partition coefficient (Wildman–Crippen LogP) is 1.99. The van der Waals surface area contributed by atoms with Gasteiger partial charge >= 0.3 is 0 Å². The van der Waals surface area contributed by atoms with Crippen LogP contribution >= 0.6 is 0 Å². The Balaban J connectivity index is 2.61. The summed E-state index contributed by atoms with van der Waals surface area (Å²) in [6.07, 6.45) is 0.617. The number of sulfone groups is 1. The van der Waals surface area contributed by atoms with Crippen LogP contribution in [-0.2, 0) is 15.3 Å². The third kappa shape index (κ3) is 6.59. The summed E-state index contributed by atoms with van der Waals surface area (Å²) in [6.45, 7) is 7.30. The average Bonchev–Trinajstić information content (AvgIpc) is 2.34. The van der Waals surface area contributed by atoms with Gasteiger partial charge in [-0.15, -0.1) is 0 Å². The maximum absolute atomic E-state index is 11.1. The second kappa shape index (κ2) is 6.90. The van der Waals surface area contributed by atoms with Crippen LogP contribution in [0.4, 0.5) is 0 Å². The molecule has 1 unspecified atom stereocenters. The van der Waals surface area contributed by atoms with Crippen LogP contribution in [-0.4, -0.2) is 50.6 Å². The molecule has 1 aromatic carbocycles. The number of hydrogen-bond acceptors (Lipinski definition) is 4. The Hall–Kier alpha value is -0.910. The number of nitrogens with zero attached hydrogens (tertiary/aromatic N) is 1. The Bertz CT molecular complexity index is 544. The summed E-state index contributed by atoms with van der Waals surface area (Å²) in [6, 6.07) is 7.95. The van der Waals surface area contributed by atoms with E-state index in [-0.39, 0.29) is 11.2 Å². The zero-order chi connectivity index (χ0) is 16.3. The second-order valence-corrected chi connectivity index (χ2v) is 9.04. The molecule has 0 bridgehead atoms. The fourth-order valence-electron chi connectivity index (χ4n) is 2.02. The quantitative estimate of drug-likeness (QED) is 0.872. The summed E-state index contributed by atoms with van der Waals surface area (Å²) < 4.78 is 22.3. The number of benzene rings is 1. The van der Waals surface area contributed by atoms with Gasteiger partial charge in [-0.25, -0.2) is 8.42 Å². The van der Waals surface area contributed by atoms with Crippen molar-refractivity contribution in [3.05, 3.63) is 35.4 Å². The molecule has 1 N–H and O–H groups in total. The lowest BCUT2D eigenvalue weighted by atomic mass is 9.86. The fraction of sp³-hybridized carbons (Fsp3) is 0.625. The smallest absolute Gasteiger partial charge is 0.148 e. The molecule has 0 spiro atoms. The van der Waals surface area contributed by atoms with E-state index < -0.39 is 15.9 Å². The van der Waals surface area contributed by atoms with Gasteiger partial charge < -0.3 is 10.0 Å². The Morgan fingerprint density at radius 2 is 1.71 bits per heavy atom. The minimum absolute atomic E-state index is 0.0930. The third-order valence-electron chi connectivity index (χ3n) is 3.49. The summed E-state index contributed by atoms with van der Waals surface area (Å²) in [5.74, 6) is 0.110. The normalized spacial score (nSPS) is 14.4. The average molecular weight is 313 g/mol. The van der Waals surface area contributed by atoms with Crippen LogP contribution in [0, 0.1) is 0 Å². The summed E-state index contributed by atoms with van der Waals surface area (Å²) in [7, 11) is -1.15. The van der Waals surface area contributed by atoms with Crippen molar-refractivity contribution < 1.29 is 13.5 Å². The molecule has 0 saturated carbocycles. The molecule has 21 heavy (non-hydrogen) atoms. The van der Waals surface area contributed by atoms with Gasteiger partial charge in [0.1, 0.15) is 9.84 Å². The van der Waals surface area contributed by atoms with Gasteiger partial charge in [-0.3, -0.25) is 0 Å². The number of rotatable bonds is 6. The minimum atomic E-state index is -2.96. The molecule has 0 aliphatic carbocycles. The first-order valence-corrected chi connectivity index (χ1v) is 9.20. The molecule has 0 saturated heterocycles. The van der Waals surface area contributed by atoms with Gasteiger partial charge in [0.05, 0.1) is 11.9 Å². The van der Waals surface area contributed by atoms with Crippen LogP contribution in [0.1, 0.15) is 38.0 Å². The maximum Gasteiger partial charge on any atom is 0.148 e. The molecular formula is C16H27NO3S. The lowest BCUT2D eigenvalue weighted by Gasteiger charge is -2.22. The lowest BCUT2D eigenvalue weighted by molar-refractivity contribution is 0.130. The number of aliphatic hydroxyl groups excluding tert-OH is 1. The molecule has 0 heterocycles. The van der Waals surface area contributed by atoms with Crippen LogP contribution < -0.4 is 0 Å². The van der Waals surface area contributed by atoms with Gasteiger partial charge in [0, 0.05) is 19.3 Å². The van der Waals surface area contributed by atoms with Crippen molar-refractivity contribution in [3.8, 4) is 0 Å². The predicted molar refractivity (Wildman–Crippen MR) is 87.3 cm³/mol. The number of aliphatic hydroxyl groups is 1. The van der Waals surface area contributed by atoms with Crippen LogP contribution in [0.5, 0.6) is 0 Å². The highest BCUT2D eigenvalue weighted by atomic mass is 32.2. The SMILES string of the molecule is CN(CCS(C)(=O)=O)CC(O)c1ccc(C(C)(C)C)cc1. The molecule has 1 aromatic rings. The summed E-state index contributed by atoms with van der Waals surface area (Å²) in [5, 5.41) is 10.2. The Labute approximate surface area is 128 Å². The maximum atomic E-state index is 11.1. The van der Waals surface area contributed by atoms with Crippen LogP contribution in [0.25, 0.3) is 0 Å². The third-order valence-corrected chi connectivity index (χ3v) is 4.41. The Kier molecular flexibility index (Phi) is 5.96. The van der Waals surface area contributed by atoms with E-state index in [1.165, 1.54) is 11.8 Å². The summed E-state index contributed by atoms with van der Waals surface area (Å²) in [4.78, 5) is 1.84. The fourth-order valence-corrected chi connectivity index (χ4v) is 2.66. The van der Waals surface area contributed by atoms with E-state index in [2.05, 4.69) is 20.8 Å². The highest BCUT2D eigenvalue weighted by molar-refractivity contribution is 7.90. The first-order chi connectivity index (χ1) is 9.49. The van der Waals surface area contributed by atoms with Crippen molar-refractivity contribution in [1.82, 2.24) is 4.90 Å². The van der Waals surface area contributed by atoms with E-state index in [1.807, 2.05) is 36.2 Å². The Morgan fingerprint density at radius 3 is 2.14 bits per heavy atom. The first kappa shape index (κ1) is 18.1. The Morgan fingerprint density at radius 1 is 1.19 bits per heavy atom. The highest BCUT2D eigenvalue weighted by Crippen LogP contribution is 2.24. The zero-order valence-corrected chi connectivity index (χ0v) is 14.4. The molecule has 0 aromatic heterocycles. The topological polar surface area (TPSA) is 57.6 Å². The molecule has 0 aliphatic heterocycles. The summed E-state index contributed by atoms with van der Waals surface area (Å²) in [5.41, 5.74) is 2.17. The largest absolute Gasteiger partial charge is 0.387 e. The molecule has 1 rings (SSSR count). The van der Waals surface area contributed by atoms with Gasteiger partial charge in [-0.1, -0.05) is 45.0 Å². The van der Waals surface area contributed by atoms with Crippen molar-refractivity contribution in [2.75, 3.05) is 32.1 Å². The van der Waals surface area contributed by atoms with Crippen LogP contribution in [0.2, 0.25) is 0 Å². The van der Waals surface area contributed by atoms with Crippen molar-refractivity contribution in [2.24, 2.45) is 0 Å². The monoisotopic (exact) mass is 313 g/mol. The van der Waals surface area contributed by atoms with E-state index in [9.17, 15) is 13.5 Å². The molecule has 120 valence electrons. The van der Waals surface area contributed by atoms with Crippen LogP contribution in [0.3, 0.4) is 0 Å². The van der Waals surface area contributed by atoms with E-state index in [1.54, 1.807) is 0 Å². The van der Waals surface area contributed by atoms with E-state index in [4.69, 9.17) is 0 Å². The van der Waals surface area contributed by atoms with Crippen molar-refractivity contribution in [3.63, 3.8) is 0 Å². The second-order valence-electron chi connectivity index (χ2n) is 6.78. The molecule has 0 radical (unpaired) electrons. The van der Waals surface area contributed by atoms with Gasteiger partial charge in [0.25, 0.3) is 0 Å². The van der Waals surface area contributed by atoms with E-state index >= 15 is 0 Å². The molecular weight excluding hydrogens is 286 g/mol. The van der Waals surface area contributed by atoms with E-state index in [0.717, 1.165) is 5.56 Å². The minimum Gasteiger partial charge on any atom is -0.387 e. The highest BCUT2D eigenvalue weighted by Gasteiger charge is 2.16. The molecule has 5 heteroatoms. The van der Waals surface area contributed by atoms with Gasteiger partial charge in [-0.05, 0) is 23.6 Å². The number of likely N-dealkylation sites (N-methyl/N-ethyl adjacent to an activating group) is 1. The van der Waals surface area contributed by atoms with Crippen LogP contribution in [0.15, 0.2) is 24.3 Å². The summed E-state index contributed by atoms with van der Waals surface area (Å²) >= 11 is 0. The van der Waals surface area contributed by atoms with Crippen molar-refractivity contribution in [1.29, 1.82) is 0 Å². The van der Waals surface area contributed by atoms with E-state index in [0.29, 0.717) is 13.1 Å². The molecule has 0 fully saturated rings. The van der Waals surface area contributed by atoms with Gasteiger partial charge in [0.2, 0.25) is 0 Å². The van der Waals surface area contributed by atoms with Crippen molar-refractivity contribution in [2.45, 2.75) is 32.3 Å². The number of hydrogen-bond donors (Lipinski definition) is 1. The van der Waals surface area contributed by atoms with Gasteiger partial charge in [0.15, 0.2) is 0 Å². The lowest BCUT2D eigenvalue weighted by Crippen LogP contribution is -2.29. The zero-order valence-electron chi connectivity index (χ0n) is 13.6. The van der Waals surface area contributed by atoms with Crippen molar-refractivity contribution >= 4 is 9.84 Å². The molecule has 1 atom stereocenters. The molecule has 4 nitrogen and oxygen atoms in total.